The summed E-state index contributed by atoms with van der Waals surface area (Å²) in [5.41, 5.74) is 9.92. The van der Waals surface area contributed by atoms with E-state index < -0.39 is 6.10 Å². The molecule has 0 aliphatic carbocycles. The lowest BCUT2D eigenvalue weighted by atomic mass is 10.0. The SMILES string of the molecule is CCc1nc(SC[C@@H](O)COc2ccc(CCC(C)=O)cc2)nc(N)c1-c1ccc(Cl)cc1. The smallest absolute Gasteiger partial charge is 0.189 e. The minimum absolute atomic E-state index is 0.152. The van der Waals surface area contributed by atoms with Crippen LogP contribution in [-0.2, 0) is 17.6 Å². The van der Waals surface area contributed by atoms with E-state index in [1.807, 2.05) is 55.5 Å². The molecule has 6 nitrogen and oxygen atoms in total. The predicted octanol–water partition coefficient (Wildman–Crippen LogP) is 5.00. The van der Waals surface area contributed by atoms with Crippen LogP contribution in [0.15, 0.2) is 53.7 Å². The fourth-order valence-corrected chi connectivity index (χ4v) is 4.14. The first-order valence-corrected chi connectivity index (χ1v) is 12.2. The summed E-state index contributed by atoms with van der Waals surface area (Å²) < 4.78 is 5.69. The second-order valence-corrected chi connectivity index (χ2v) is 9.12. The number of hydrogen-bond acceptors (Lipinski definition) is 7. The van der Waals surface area contributed by atoms with Gasteiger partial charge >= 0.3 is 0 Å². The van der Waals surface area contributed by atoms with E-state index in [4.69, 9.17) is 22.1 Å². The van der Waals surface area contributed by atoms with Crippen molar-refractivity contribution >= 4 is 35.0 Å². The number of aliphatic hydroxyl groups excluding tert-OH is 1. The Hall–Kier alpha value is -2.61. The minimum Gasteiger partial charge on any atom is -0.491 e. The van der Waals surface area contributed by atoms with E-state index in [0.717, 1.165) is 22.4 Å². The molecule has 0 saturated carbocycles. The number of carbonyl (C=O) groups excluding carboxylic acids is 1. The van der Waals surface area contributed by atoms with E-state index >= 15 is 0 Å². The molecule has 1 aromatic heterocycles. The van der Waals surface area contributed by atoms with E-state index in [0.29, 0.717) is 46.8 Å². The Kier molecular flexibility index (Phi) is 9.11. The topological polar surface area (TPSA) is 98.3 Å². The fourth-order valence-electron chi connectivity index (χ4n) is 3.24. The Bertz CT molecular complexity index is 1080. The number of nitrogen functional groups attached to an aromatic ring is 1. The Morgan fingerprint density at radius 3 is 2.48 bits per heavy atom. The van der Waals surface area contributed by atoms with Gasteiger partial charge in [-0.15, -0.1) is 0 Å². The maximum absolute atomic E-state index is 11.1. The molecular weight excluding hydrogens is 458 g/mol. The summed E-state index contributed by atoms with van der Waals surface area (Å²) >= 11 is 7.33. The Labute approximate surface area is 203 Å². The fraction of sp³-hybridized carbons (Fsp3) is 0.320. The molecule has 3 N–H and O–H groups in total. The number of carbonyl (C=O) groups is 1. The second kappa shape index (κ2) is 12.0. The molecule has 1 atom stereocenters. The molecule has 0 radical (unpaired) electrons. The van der Waals surface area contributed by atoms with Crippen LogP contribution in [0.1, 0.15) is 31.5 Å². The van der Waals surface area contributed by atoms with Crippen molar-refractivity contribution in [2.45, 2.75) is 44.4 Å². The highest BCUT2D eigenvalue weighted by molar-refractivity contribution is 7.99. The lowest BCUT2D eigenvalue weighted by Gasteiger charge is -2.14. The number of halogens is 1. The zero-order chi connectivity index (χ0) is 23.8. The van der Waals surface area contributed by atoms with Crippen molar-refractivity contribution in [1.82, 2.24) is 9.97 Å². The number of aromatic nitrogens is 2. The Morgan fingerprint density at radius 1 is 1.15 bits per heavy atom. The first-order valence-electron chi connectivity index (χ1n) is 10.8. The molecule has 174 valence electrons. The van der Waals surface area contributed by atoms with Gasteiger partial charge in [0.2, 0.25) is 0 Å². The summed E-state index contributed by atoms with van der Waals surface area (Å²) in [6, 6.07) is 15.0. The van der Waals surface area contributed by atoms with Gasteiger partial charge in [0.15, 0.2) is 5.16 Å². The van der Waals surface area contributed by atoms with Crippen molar-refractivity contribution in [1.29, 1.82) is 0 Å². The Balaban J connectivity index is 1.55. The zero-order valence-corrected chi connectivity index (χ0v) is 20.3. The summed E-state index contributed by atoms with van der Waals surface area (Å²) in [7, 11) is 0. The molecule has 0 fully saturated rings. The second-order valence-electron chi connectivity index (χ2n) is 7.70. The first-order chi connectivity index (χ1) is 15.9. The summed E-state index contributed by atoms with van der Waals surface area (Å²) in [5, 5.41) is 11.5. The van der Waals surface area contributed by atoms with Gasteiger partial charge in [0.25, 0.3) is 0 Å². The number of rotatable bonds is 11. The molecular formula is C25H28ClN3O3S. The van der Waals surface area contributed by atoms with Gasteiger partial charge in [0.1, 0.15) is 24.0 Å². The lowest BCUT2D eigenvalue weighted by molar-refractivity contribution is -0.116. The summed E-state index contributed by atoms with van der Waals surface area (Å²) in [5.74, 6) is 1.63. The molecule has 0 bridgehead atoms. The number of aryl methyl sites for hydroxylation is 2. The third-order valence-electron chi connectivity index (χ3n) is 5.00. The number of aliphatic hydroxyl groups is 1. The number of nitrogens with zero attached hydrogens (tertiary/aromatic N) is 2. The maximum Gasteiger partial charge on any atom is 0.189 e. The van der Waals surface area contributed by atoms with Crippen molar-refractivity contribution in [3.63, 3.8) is 0 Å². The van der Waals surface area contributed by atoms with Gasteiger partial charge in [-0.25, -0.2) is 9.97 Å². The lowest BCUT2D eigenvalue weighted by Crippen LogP contribution is -2.20. The summed E-state index contributed by atoms with van der Waals surface area (Å²) in [6.45, 7) is 3.76. The molecule has 0 saturated heterocycles. The van der Waals surface area contributed by atoms with Crippen LogP contribution in [0, 0.1) is 0 Å². The number of hydrogen-bond donors (Lipinski definition) is 2. The monoisotopic (exact) mass is 485 g/mol. The van der Waals surface area contributed by atoms with Gasteiger partial charge in [0, 0.05) is 22.8 Å². The van der Waals surface area contributed by atoms with Gasteiger partial charge in [-0.05, 0) is 55.2 Å². The minimum atomic E-state index is -0.696. The van der Waals surface area contributed by atoms with Crippen molar-refractivity contribution < 1.29 is 14.6 Å². The van der Waals surface area contributed by atoms with E-state index in [1.54, 1.807) is 6.92 Å². The summed E-state index contributed by atoms with van der Waals surface area (Å²) in [6.07, 6.45) is 1.25. The van der Waals surface area contributed by atoms with Crippen LogP contribution >= 0.6 is 23.4 Å². The molecule has 0 amide bonds. The molecule has 0 unspecified atom stereocenters. The molecule has 0 spiro atoms. The average molecular weight is 486 g/mol. The number of anilines is 1. The van der Waals surface area contributed by atoms with Gasteiger partial charge in [-0.1, -0.05) is 54.6 Å². The molecule has 3 rings (SSSR count). The molecule has 3 aromatic rings. The zero-order valence-electron chi connectivity index (χ0n) is 18.8. The van der Waals surface area contributed by atoms with E-state index in [1.165, 1.54) is 11.8 Å². The van der Waals surface area contributed by atoms with Crippen molar-refractivity contribution in [2.24, 2.45) is 0 Å². The Morgan fingerprint density at radius 2 is 1.85 bits per heavy atom. The van der Waals surface area contributed by atoms with Crippen LogP contribution in [-0.4, -0.2) is 39.3 Å². The highest BCUT2D eigenvalue weighted by Gasteiger charge is 2.15. The first kappa shape index (κ1) is 25.0. The number of nitrogens with two attached hydrogens (primary N) is 1. The number of ether oxygens (including phenoxy) is 1. The van der Waals surface area contributed by atoms with Crippen LogP contribution < -0.4 is 10.5 Å². The van der Waals surface area contributed by atoms with Gasteiger partial charge in [0.05, 0.1) is 11.8 Å². The highest BCUT2D eigenvalue weighted by atomic mass is 35.5. The van der Waals surface area contributed by atoms with E-state index in [-0.39, 0.29) is 12.4 Å². The largest absolute Gasteiger partial charge is 0.491 e. The van der Waals surface area contributed by atoms with E-state index in [2.05, 4.69) is 9.97 Å². The molecule has 33 heavy (non-hydrogen) atoms. The van der Waals surface area contributed by atoms with Gasteiger partial charge in [-0.3, -0.25) is 0 Å². The number of thioether (sulfide) groups is 1. The molecule has 0 aliphatic rings. The predicted molar refractivity (Wildman–Crippen MR) is 134 cm³/mol. The molecule has 2 aromatic carbocycles. The van der Waals surface area contributed by atoms with Crippen LogP contribution in [0.3, 0.4) is 0 Å². The average Bonchev–Trinajstić information content (AvgIpc) is 2.81. The molecule has 0 aliphatic heterocycles. The summed E-state index contributed by atoms with van der Waals surface area (Å²) in [4.78, 5) is 20.2. The van der Waals surface area contributed by atoms with Gasteiger partial charge < -0.3 is 20.4 Å². The quantitative estimate of drug-likeness (QED) is 0.291. The van der Waals surface area contributed by atoms with Crippen LogP contribution in [0.5, 0.6) is 5.75 Å². The van der Waals surface area contributed by atoms with Crippen LogP contribution in [0.2, 0.25) is 5.02 Å². The number of benzene rings is 2. The van der Waals surface area contributed by atoms with E-state index in [9.17, 15) is 9.90 Å². The maximum atomic E-state index is 11.1. The number of ketones is 1. The third kappa shape index (κ3) is 7.45. The third-order valence-corrected chi connectivity index (χ3v) is 6.24. The number of Topliss-reactive ketones (excluding diaryl/α,β-unsaturated/α-hetero) is 1. The van der Waals surface area contributed by atoms with Gasteiger partial charge in [-0.2, -0.15) is 0 Å². The molecule has 1 heterocycles. The van der Waals surface area contributed by atoms with Crippen LogP contribution in [0.4, 0.5) is 5.82 Å². The molecule has 8 heteroatoms. The van der Waals surface area contributed by atoms with Crippen molar-refractivity contribution in [2.75, 3.05) is 18.1 Å². The van der Waals surface area contributed by atoms with Crippen molar-refractivity contribution in [3.05, 3.63) is 64.8 Å². The van der Waals surface area contributed by atoms with Crippen molar-refractivity contribution in [3.8, 4) is 16.9 Å². The highest BCUT2D eigenvalue weighted by Crippen LogP contribution is 2.31. The standard InChI is InChI=1S/C25H28ClN3O3S/c1-3-22-23(18-8-10-19(26)11-9-18)24(27)29-25(28-22)33-15-20(31)14-32-21-12-6-17(7-13-21)5-4-16(2)30/h6-13,20,31H,3-5,14-15H2,1-2H3,(H2,27,28,29)/t20-/m0/s1. The van der Waals surface area contributed by atoms with Crippen LogP contribution in [0.25, 0.3) is 11.1 Å². The normalized spacial score (nSPS) is 11.9.